The molecule has 0 fully saturated rings. The van der Waals surface area contributed by atoms with Crippen molar-refractivity contribution in [2.75, 3.05) is 19.8 Å². The molecule has 0 bridgehead atoms. The summed E-state index contributed by atoms with van der Waals surface area (Å²) in [5, 5.41) is 9.40. The average molecular weight is 427 g/mol. The number of unbranched alkanes of at least 4 members (excludes halogenated alkanes) is 13. The van der Waals surface area contributed by atoms with Crippen LogP contribution in [0.5, 0.6) is 0 Å². The van der Waals surface area contributed by atoms with E-state index in [1.165, 1.54) is 83.5 Å². The zero-order valence-corrected chi connectivity index (χ0v) is 20.0. The Morgan fingerprint density at radius 1 is 0.767 bits per heavy atom. The molecule has 0 spiro atoms. The highest BCUT2D eigenvalue weighted by molar-refractivity contribution is 5.69. The van der Waals surface area contributed by atoms with Crippen LogP contribution < -0.4 is 0 Å². The molecular weight excluding hydrogens is 376 g/mol. The first-order valence-corrected chi connectivity index (χ1v) is 12.8. The van der Waals surface area contributed by atoms with Crippen LogP contribution in [0.15, 0.2) is 12.2 Å². The van der Waals surface area contributed by atoms with Crippen molar-refractivity contribution in [1.82, 2.24) is 0 Å². The Hall–Kier alpha value is -0.870. The molecule has 1 N–H and O–H groups in total. The van der Waals surface area contributed by atoms with Gasteiger partial charge in [0.25, 0.3) is 0 Å². The lowest BCUT2D eigenvalue weighted by Gasteiger charge is -2.15. The molecule has 4 nitrogen and oxygen atoms in total. The molecule has 0 aliphatic rings. The quantitative estimate of drug-likeness (QED) is 0.107. The second-order valence-corrected chi connectivity index (χ2v) is 8.41. The highest BCUT2D eigenvalue weighted by atomic mass is 16.6. The Morgan fingerprint density at radius 2 is 1.37 bits per heavy atom. The number of aliphatic hydroxyl groups excluding tert-OH is 1. The number of ether oxygens (including phenoxy) is 2. The fourth-order valence-electron chi connectivity index (χ4n) is 3.39. The van der Waals surface area contributed by atoms with Crippen molar-refractivity contribution < 1.29 is 19.4 Å². The van der Waals surface area contributed by atoms with Crippen LogP contribution in [0.25, 0.3) is 0 Å². The third-order valence-corrected chi connectivity index (χ3v) is 5.32. The molecule has 0 rings (SSSR count). The molecule has 0 heterocycles. The van der Waals surface area contributed by atoms with E-state index in [1.807, 2.05) is 0 Å². The number of allylic oxidation sites excluding steroid dienone is 2. The predicted octanol–water partition coefficient (Wildman–Crippen LogP) is 7.13. The summed E-state index contributed by atoms with van der Waals surface area (Å²) in [5.74, 6) is -0.212. The first-order chi connectivity index (χ1) is 14.7. The van der Waals surface area contributed by atoms with Gasteiger partial charge in [0.05, 0.1) is 13.2 Å². The van der Waals surface area contributed by atoms with Crippen LogP contribution in [0.3, 0.4) is 0 Å². The van der Waals surface area contributed by atoms with Gasteiger partial charge in [0, 0.05) is 13.0 Å². The maximum atomic E-state index is 11.9. The van der Waals surface area contributed by atoms with Crippen LogP contribution in [0.4, 0.5) is 0 Å². The number of aliphatic hydroxyl groups is 1. The van der Waals surface area contributed by atoms with Crippen LogP contribution >= 0.6 is 0 Å². The molecule has 0 saturated heterocycles. The highest BCUT2D eigenvalue weighted by Crippen LogP contribution is 2.10. The molecule has 4 heteroatoms. The largest absolute Gasteiger partial charge is 0.457 e. The van der Waals surface area contributed by atoms with E-state index in [4.69, 9.17) is 9.47 Å². The van der Waals surface area contributed by atoms with Crippen molar-refractivity contribution in [3.63, 3.8) is 0 Å². The first-order valence-electron chi connectivity index (χ1n) is 12.8. The van der Waals surface area contributed by atoms with Crippen LogP contribution in [-0.4, -0.2) is 37.0 Å². The van der Waals surface area contributed by atoms with Gasteiger partial charge in [0.2, 0.25) is 0 Å². The third-order valence-electron chi connectivity index (χ3n) is 5.32. The van der Waals surface area contributed by atoms with Crippen molar-refractivity contribution in [2.24, 2.45) is 0 Å². The molecule has 0 saturated carbocycles. The van der Waals surface area contributed by atoms with Gasteiger partial charge in [-0.05, 0) is 32.1 Å². The third kappa shape index (κ3) is 21.8. The normalized spacial score (nSPS) is 12.5. The Kier molecular flexibility index (Phi) is 23.7. The topological polar surface area (TPSA) is 55.8 Å². The van der Waals surface area contributed by atoms with Crippen LogP contribution in [0, 0.1) is 0 Å². The summed E-state index contributed by atoms with van der Waals surface area (Å²) >= 11 is 0. The summed E-state index contributed by atoms with van der Waals surface area (Å²) in [4.78, 5) is 11.9. The number of carbonyl (C=O) groups excluding carboxylic acids is 1. The van der Waals surface area contributed by atoms with E-state index in [9.17, 15) is 9.90 Å². The minimum absolute atomic E-state index is 0.171. The smallest absolute Gasteiger partial charge is 0.306 e. The lowest BCUT2D eigenvalue weighted by molar-refractivity contribution is -0.154. The lowest BCUT2D eigenvalue weighted by Crippen LogP contribution is -2.27. The maximum Gasteiger partial charge on any atom is 0.306 e. The fraction of sp³-hybridized carbons (Fsp3) is 0.885. The van der Waals surface area contributed by atoms with E-state index >= 15 is 0 Å². The van der Waals surface area contributed by atoms with E-state index in [0.29, 0.717) is 19.6 Å². The molecule has 0 aliphatic heterocycles. The minimum Gasteiger partial charge on any atom is -0.457 e. The molecule has 0 radical (unpaired) electrons. The van der Waals surface area contributed by atoms with Crippen LogP contribution in [0.1, 0.15) is 123 Å². The lowest BCUT2D eigenvalue weighted by atomic mass is 10.1. The van der Waals surface area contributed by atoms with E-state index < -0.39 is 6.10 Å². The number of esters is 1. The number of rotatable bonds is 23. The molecule has 0 aromatic heterocycles. The summed E-state index contributed by atoms with van der Waals surface area (Å²) < 4.78 is 10.9. The van der Waals surface area contributed by atoms with E-state index in [-0.39, 0.29) is 12.6 Å². The molecule has 178 valence electrons. The Labute approximate surface area is 186 Å². The van der Waals surface area contributed by atoms with Crippen molar-refractivity contribution in [3.05, 3.63) is 12.2 Å². The molecule has 0 aromatic rings. The van der Waals surface area contributed by atoms with Crippen molar-refractivity contribution >= 4 is 5.97 Å². The summed E-state index contributed by atoms with van der Waals surface area (Å²) in [6.45, 7) is 5.22. The number of carbonyl (C=O) groups is 1. The average Bonchev–Trinajstić information content (AvgIpc) is 2.75. The standard InChI is InChI=1S/C26H50O4/c1-3-5-7-9-11-12-13-14-16-18-20-22-29-24-25(23-27)30-26(28)21-19-17-15-10-8-6-4-2/h7,9,25,27H,3-6,8,10-24H2,1-2H3/b9-7-. The predicted molar refractivity (Wildman–Crippen MR) is 127 cm³/mol. The van der Waals surface area contributed by atoms with Gasteiger partial charge in [0.15, 0.2) is 0 Å². The highest BCUT2D eigenvalue weighted by Gasteiger charge is 2.13. The SMILES string of the molecule is CCC/C=C\CCCCCCCCOCC(CO)OC(=O)CCCCCCCCC. The molecule has 0 aliphatic carbocycles. The van der Waals surface area contributed by atoms with Gasteiger partial charge in [0.1, 0.15) is 6.10 Å². The van der Waals surface area contributed by atoms with Crippen molar-refractivity contribution in [1.29, 1.82) is 0 Å². The van der Waals surface area contributed by atoms with Gasteiger partial charge in [-0.1, -0.05) is 96.6 Å². The van der Waals surface area contributed by atoms with Crippen LogP contribution in [-0.2, 0) is 14.3 Å². The van der Waals surface area contributed by atoms with Gasteiger partial charge in [-0.25, -0.2) is 0 Å². The van der Waals surface area contributed by atoms with E-state index in [2.05, 4.69) is 26.0 Å². The second kappa shape index (κ2) is 24.4. The Bertz CT molecular complexity index is 381. The maximum absolute atomic E-state index is 11.9. The summed E-state index contributed by atoms with van der Waals surface area (Å²) in [5.41, 5.74) is 0. The summed E-state index contributed by atoms with van der Waals surface area (Å²) in [6.07, 6.45) is 23.8. The van der Waals surface area contributed by atoms with Gasteiger partial charge in [-0.2, -0.15) is 0 Å². The Morgan fingerprint density at radius 3 is 2.03 bits per heavy atom. The molecule has 1 unspecified atom stereocenters. The first kappa shape index (κ1) is 29.1. The summed E-state index contributed by atoms with van der Waals surface area (Å²) in [7, 11) is 0. The monoisotopic (exact) mass is 426 g/mol. The molecule has 0 aromatic carbocycles. The zero-order valence-electron chi connectivity index (χ0n) is 20.0. The molecule has 1 atom stereocenters. The Balaban J connectivity index is 3.46. The number of hydrogen-bond acceptors (Lipinski definition) is 4. The molecule has 30 heavy (non-hydrogen) atoms. The minimum atomic E-state index is -0.525. The van der Waals surface area contributed by atoms with Crippen LogP contribution in [0.2, 0.25) is 0 Å². The fourth-order valence-corrected chi connectivity index (χ4v) is 3.39. The van der Waals surface area contributed by atoms with Gasteiger partial charge in [-0.15, -0.1) is 0 Å². The molecule has 0 amide bonds. The molecular formula is C26H50O4. The second-order valence-electron chi connectivity index (χ2n) is 8.41. The van der Waals surface area contributed by atoms with Crippen molar-refractivity contribution in [2.45, 2.75) is 129 Å². The van der Waals surface area contributed by atoms with Gasteiger partial charge >= 0.3 is 5.97 Å². The number of hydrogen-bond donors (Lipinski definition) is 1. The van der Waals surface area contributed by atoms with E-state index in [1.54, 1.807) is 0 Å². The van der Waals surface area contributed by atoms with Crippen molar-refractivity contribution in [3.8, 4) is 0 Å². The summed E-state index contributed by atoms with van der Waals surface area (Å²) in [6, 6.07) is 0. The van der Waals surface area contributed by atoms with Gasteiger partial charge < -0.3 is 14.6 Å². The zero-order chi connectivity index (χ0) is 22.1. The van der Waals surface area contributed by atoms with E-state index in [0.717, 1.165) is 19.3 Å². The van der Waals surface area contributed by atoms with Gasteiger partial charge in [-0.3, -0.25) is 4.79 Å².